The van der Waals surface area contributed by atoms with Crippen molar-refractivity contribution in [1.29, 1.82) is 0 Å². The Morgan fingerprint density at radius 3 is 1.88 bits per heavy atom. The Hall–Kier alpha value is -0.290. The highest BCUT2D eigenvalue weighted by Crippen LogP contribution is 2.10. The first-order valence-corrected chi connectivity index (χ1v) is 6.18. The Balaban J connectivity index is 4.58. The molecule has 0 rings (SSSR count). The molecule has 0 fully saturated rings. The monoisotopic (exact) mass is 260 g/mol. The summed E-state index contributed by atoms with van der Waals surface area (Å²) >= 11 is 0. The minimum atomic E-state index is -3.92. The number of rotatable bonds is 7. The second-order valence-corrected chi connectivity index (χ2v) is 4.85. The zero-order valence-electron chi connectivity index (χ0n) is 8.59. The van der Waals surface area contributed by atoms with Crippen LogP contribution in [0.1, 0.15) is 0 Å². The largest absolute Gasteiger partial charge is 0.394 e. The van der Waals surface area contributed by atoms with E-state index in [9.17, 15) is 18.6 Å². The van der Waals surface area contributed by atoms with E-state index in [0.29, 0.717) is 6.26 Å². The van der Waals surface area contributed by atoms with Crippen molar-refractivity contribution in [2.75, 3.05) is 19.5 Å². The van der Waals surface area contributed by atoms with Crippen molar-refractivity contribution < 1.29 is 38.1 Å². The van der Waals surface area contributed by atoms with Crippen LogP contribution in [0.3, 0.4) is 0 Å². The topological polar surface area (TPSA) is 145 Å². The van der Waals surface area contributed by atoms with Crippen LogP contribution in [0.15, 0.2) is 0 Å². The van der Waals surface area contributed by atoms with E-state index >= 15 is 0 Å². The molecule has 8 nitrogen and oxygen atoms in total. The van der Waals surface area contributed by atoms with Gasteiger partial charge in [-0.2, -0.15) is 8.42 Å². The summed E-state index contributed by atoms with van der Waals surface area (Å²) in [5, 5.41) is 44.9. The van der Waals surface area contributed by atoms with E-state index in [4.69, 9.17) is 15.3 Å². The molecule has 0 amide bonds. The van der Waals surface area contributed by atoms with Crippen LogP contribution in [-0.4, -0.2) is 77.8 Å². The van der Waals surface area contributed by atoms with Gasteiger partial charge in [-0.25, -0.2) is 0 Å². The molecule has 0 spiro atoms. The standard InChI is InChI=1S/C7H16O8S/c1-16(13,14)15-5(3-9)7(12)6(11)4(10)2-8/h4-12H,2-3H2,1H3/t4-,5-,6+,7+/m0/s1. The highest BCUT2D eigenvalue weighted by Gasteiger charge is 2.33. The molecule has 0 radical (unpaired) electrons. The normalized spacial score (nSPS) is 20.1. The lowest BCUT2D eigenvalue weighted by atomic mass is 10.0. The molecule has 0 unspecified atom stereocenters. The molecule has 98 valence electrons. The Morgan fingerprint density at radius 2 is 1.56 bits per heavy atom. The van der Waals surface area contributed by atoms with Gasteiger partial charge in [0.1, 0.15) is 24.4 Å². The predicted molar refractivity (Wildman–Crippen MR) is 51.9 cm³/mol. The second kappa shape index (κ2) is 6.45. The van der Waals surface area contributed by atoms with Gasteiger partial charge < -0.3 is 25.5 Å². The van der Waals surface area contributed by atoms with Crippen molar-refractivity contribution in [2.45, 2.75) is 24.4 Å². The van der Waals surface area contributed by atoms with Crippen molar-refractivity contribution in [3.63, 3.8) is 0 Å². The number of hydrogen-bond acceptors (Lipinski definition) is 8. The molecule has 0 aliphatic heterocycles. The fourth-order valence-electron chi connectivity index (χ4n) is 0.975. The zero-order chi connectivity index (χ0) is 12.9. The lowest BCUT2D eigenvalue weighted by molar-refractivity contribution is -0.115. The maximum absolute atomic E-state index is 10.7. The molecule has 0 aliphatic rings. The van der Waals surface area contributed by atoms with Crippen molar-refractivity contribution in [2.24, 2.45) is 0 Å². The Labute approximate surface area is 92.8 Å². The summed E-state index contributed by atoms with van der Waals surface area (Å²) < 4.78 is 25.7. The second-order valence-electron chi connectivity index (χ2n) is 3.25. The number of aliphatic hydroxyl groups is 5. The van der Waals surface area contributed by atoms with Crippen LogP contribution in [0.25, 0.3) is 0 Å². The van der Waals surface area contributed by atoms with Crippen LogP contribution in [-0.2, 0) is 14.3 Å². The van der Waals surface area contributed by atoms with Crippen molar-refractivity contribution in [3.8, 4) is 0 Å². The summed E-state index contributed by atoms with van der Waals surface area (Å²) in [4.78, 5) is 0. The van der Waals surface area contributed by atoms with Gasteiger partial charge in [-0.15, -0.1) is 0 Å². The molecular formula is C7H16O8S. The number of hydrogen-bond donors (Lipinski definition) is 5. The van der Waals surface area contributed by atoms with Crippen LogP contribution in [0.5, 0.6) is 0 Å². The summed E-state index contributed by atoms with van der Waals surface area (Å²) in [6.07, 6.45) is -6.23. The zero-order valence-corrected chi connectivity index (χ0v) is 9.41. The summed E-state index contributed by atoms with van der Waals surface area (Å²) in [6.45, 7) is -1.70. The summed E-state index contributed by atoms with van der Waals surface area (Å²) in [6, 6.07) is 0. The van der Waals surface area contributed by atoms with Gasteiger partial charge in [-0.05, 0) is 0 Å². The third-order valence-electron chi connectivity index (χ3n) is 1.79. The van der Waals surface area contributed by atoms with Crippen molar-refractivity contribution in [3.05, 3.63) is 0 Å². The van der Waals surface area contributed by atoms with Gasteiger partial charge in [0.2, 0.25) is 0 Å². The molecule has 0 saturated heterocycles. The highest BCUT2D eigenvalue weighted by molar-refractivity contribution is 7.86. The van der Waals surface area contributed by atoms with Crippen LogP contribution < -0.4 is 0 Å². The third-order valence-corrected chi connectivity index (χ3v) is 2.39. The molecule has 0 saturated carbocycles. The molecule has 0 aromatic carbocycles. The molecule has 0 aliphatic carbocycles. The lowest BCUT2D eigenvalue weighted by Crippen LogP contribution is -2.48. The minimum absolute atomic E-state index is 0.706. The van der Waals surface area contributed by atoms with Gasteiger partial charge in [0.25, 0.3) is 10.1 Å². The molecule has 4 atom stereocenters. The first-order valence-electron chi connectivity index (χ1n) is 4.37. The fraction of sp³-hybridized carbons (Fsp3) is 1.00. The predicted octanol–water partition coefficient (Wildman–Crippen LogP) is -3.60. The van der Waals surface area contributed by atoms with Crippen molar-refractivity contribution >= 4 is 10.1 Å². The Bertz CT molecular complexity index is 289. The van der Waals surface area contributed by atoms with E-state index in [0.717, 1.165) is 0 Å². The van der Waals surface area contributed by atoms with Gasteiger partial charge in [0, 0.05) is 0 Å². The first kappa shape index (κ1) is 15.7. The lowest BCUT2D eigenvalue weighted by Gasteiger charge is -2.26. The quantitative estimate of drug-likeness (QED) is 0.295. The van der Waals surface area contributed by atoms with Crippen LogP contribution >= 0.6 is 0 Å². The maximum atomic E-state index is 10.7. The average molecular weight is 260 g/mol. The fourth-order valence-corrected chi connectivity index (χ4v) is 1.60. The molecule has 0 aromatic rings. The molecule has 0 heterocycles. The molecule has 16 heavy (non-hydrogen) atoms. The average Bonchev–Trinajstić information content (AvgIpc) is 2.21. The van der Waals surface area contributed by atoms with E-state index in [-0.39, 0.29) is 0 Å². The van der Waals surface area contributed by atoms with Gasteiger partial charge in [-0.1, -0.05) is 0 Å². The Morgan fingerprint density at radius 1 is 1.06 bits per heavy atom. The summed E-state index contributed by atoms with van der Waals surface area (Å²) in [5.74, 6) is 0. The van der Waals surface area contributed by atoms with E-state index in [1.807, 2.05) is 0 Å². The summed E-state index contributed by atoms with van der Waals surface area (Å²) in [5.41, 5.74) is 0. The van der Waals surface area contributed by atoms with Crippen molar-refractivity contribution in [1.82, 2.24) is 0 Å². The molecule has 5 N–H and O–H groups in total. The van der Waals surface area contributed by atoms with Crippen LogP contribution in [0, 0.1) is 0 Å². The van der Waals surface area contributed by atoms with E-state index < -0.39 is 47.7 Å². The van der Waals surface area contributed by atoms with Gasteiger partial charge >= 0.3 is 0 Å². The SMILES string of the molecule is CS(=O)(=O)O[C@@H](CO)[C@@H](O)[C@H](O)[C@@H](O)CO. The molecule has 0 aromatic heterocycles. The van der Waals surface area contributed by atoms with Crippen LogP contribution in [0.4, 0.5) is 0 Å². The Kier molecular flexibility index (Phi) is 6.33. The van der Waals surface area contributed by atoms with Gasteiger partial charge in [0.05, 0.1) is 19.5 Å². The summed E-state index contributed by atoms with van der Waals surface area (Å²) in [7, 11) is -3.92. The third kappa shape index (κ3) is 5.16. The minimum Gasteiger partial charge on any atom is -0.394 e. The van der Waals surface area contributed by atoms with Gasteiger partial charge in [-0.3, -0.25) is 4.18 Å². The molecule has 0 bridgehead atoms. The van der Waals surface area contributed by atoms with E-state index in [1.165, 1.54) is 0 Å². The van der Waals surface area contributed by atoms with E-state index in [2.05, 4.69) is 4.18 Å². The van der Waals surface area contributed by atoms with Gasteiger partial charge in [0.15, 0.2) is 0 Å². The highest BCUT2D eigenvalue weighted by atomic mass is 32.2. The van der Waals surface area contributed by atoms with Crippen LogP contribution in [0.2, 0.25) is 0 Å². The smallest absolute Gasteiger partial charge is 0.264 e. The number of aliphatic hydroxyl groups excluding tert-OH is 5. The first-order chi connectivity index (χ1) is 7.22. The maximum Gasteiger partial charge on any atom is 0.264 e. The molecular weight excluding hydrogens is 244 g/mol. The van der Waals surface area contributed by atoms with E-state index in [1.54, 1.807) is 0 Å². The molecule has 9 heteroatoms.